The van der Waals surface area contributed by atoms with E-state index >= 15 is 0 Å². The highest BCUT2D eigenvalue weighted by atomic mass is 16.3. The Balaban J connectivity index is 2.08. The molecule has 0 bridgehead atoms. The van der Waals surface area contributed by atoms with E-state index in [0.717, 1.165) is 38.5 Å². The number of hydrogen-bond acceptors (Lipinski definition) is 3. The topological polar surface area (TPSA) is 52.6 Å². The van der Waals surface area contributed by atoms with Gasteiger partial charge in [0.05, 0.1) is 18.3 Å². The van der Waals surface area contributed by atoms with Crippen molar-refractivity contribution in [3.05, 3.63) is 0 Å². The lowest BCUT2D eigenvalue weighted by molar-refractivity contribution is -0.133. The van der Waals surface area contributed by atoms with Crippen LogP contribution in [0.2, 0.25) is 0 Å². The molecule has 2 unspecified atom stereocenters. The number of carbonyl (C=O) groups is 1. The van der Waals surface area contributed by atoms with Gasteiger partial charge in [0.15, 0.2) is 0 Å². The van der Waals surface area contributed by atoms with Crippen LogP contribution in [0.1, 0.15) is 66.2 Å². The third kappa shape index (κ3) is 4.19. The number of rotatable bonds is 5. The monoisotopic (exact) mass is 296 g/mol. The molecule has 4 nitrogen and oxygen atoms in total. The first-order chi connectivity index (χ1) is 9.88. The van der Waals surface area contributed by atoms with E-state index in [1.54, 1.807) is 0 Å². The van der Waals surface area contributed by atoms with Gasteiger partial charge in [0.25, 0.3) is 0 Å². The van der Waals surface area contributed by atoms with Crippen molar-refractivity contribution in [1.29, 1.82) is 0 Å². The third-order valence-corrected chi connectivity index (χ3v) is 4.74. The third-order valence-electron chi connectivity index (χ3n) is 4.74. The molecule has 0 aromatic heterocycles. The molecule has 1 aliphatic carbocycles. The summed E-state index contributed by atoms with van der Waals surface area (Å²) in [7, 11) is 0. The molecule has 2 N–H and O–H groups in total. The van der Waals surface area contributed by atoms with Crippen molar-refractivity contribution in [3.8, 4) is 0 Å². The van der Waals surface area contributed by atoms with Gasteiger partial charge in [0.2, 0.25) is 5.91 Å². The fourth-order valence-electron chi connectivity index (χ4n) is 3.76. The van der Waals surface area contributed by atoms with E-state index in [4.69, 9.17) is 0 Å². The lowest BCUT2D eigenvalue weighted by Gasteiger charge is -2.37. The fourth-order valence-corrected chi connectivity index (χ4v) is 3.76. The van der Waals surface area contributed by atoms with Crippen LogP contribution >= 0.6 is 0 Å². The van der Waals surface area contributed by atoms with Gasteiger partial charge in [-0.2, -0.15) is 0 Å². The van der Waals surface area contributed by atoms with E-state index in [1.807, 2.05) is 0 Å². The summed E-state index contributed by atoms with van der Waals surface area (Å²) in [5.41, 5.74) is 0. The molecule has 4 heteroatoms. The molecule has 1 heterocycles. The van der Waals surface area contributed by atoms with Crippen LogP contribution in [0.5, 0.6) is 0 Å². The predicted octanol–water partition coefficient (Wildman–Crippen LogP) is 2.51. The Morgan fingerprint density at radius 2 is 1.67 bits per heavy atom. The number of aliphatic hydroxyl groups excluding tert-OH is 1. The predicted molar refractivity (Wildman–Crippen MR) is 84.7 cm³/mol. The van der Waals surface area contributed by atoms with Crippen LogP contribution in [0, 0.1) is 11.8 Å². The normalized spacial score (nSPS) is 34.2. The molecule has 2 rings (SSSR count). The lowest BCUT2D eigenvalue weighted by atomic mass is 9.91. The SMILES string of the molecule is CC(C)CC1NC(CC(C)C)N(C2CCC(O)CC2)C1=O. The number of carbonyl (C=O) groups excluding carboxylic acids is 1. The minimum atomic E-state index is -0.165. The molecule has 1 aliphatic heterocycles. The van der Waals surface area contributed by atoms with Crippen molar-refractivity contribution in [1.82, 2.24) is 10.2 Å². The summed E-state index contributed by atoms with van der Waals surface area (Å²) in [6.45, 7) is 8.77. The summed E-state index contributed by atoms with van der Waals surface area (Å²) >= 11 is 0. The zero-order valence-electron chi connectivity index (χ0n) is 14.0. The van der Waals surface area contributed by atoms with Gasteiger partial charge in [-0.1, -0.05) is 27.7 Å². The Labute approximate surface area is 129 Å². The maximum absolute atomic E-state index is 12.8. The molecule has 21 heavy (non-hydrogen) atoms. The molecule has 0 aromatic rings. The highest BCUT2D eigenvalue weighted by molar-refractivity contribution is 5.84. The first-order valence-corrected chi connectivity index (χ1v) is 8.64. The summed E-state index contributed by atoms with van der Waals surface area (Å²) in [4.78, 5) is 14.9. The van der Waals surface area contributed by atoms with Gasteiger partial charge in [0.1, 0.15) is 0 Å². The van der Waals surface area contributed by atoms with Crippen LogP contribution in [0.4, 0.5) is 0 Å². The van der Waals surface area contributed by atoms with Crippen molar-refractivity contribution >= 4 is 5.91 Å². The average molecular weight is 296 g/mol. The van der Waals surface area contributed by atoms with Gasteiger partial charge < -0.3 is 10.0 Å². The van der Waals surface area contributed by atoms with Crippen molar-refractivity contribution in [2.24, 2.45) is 11.8 Å². The highest BCUT2D eigenvalue weighted by Crippen LogP contribution is 2.30. The number of nitrogens with one attached hydrogen (secondary N) is 1. The minimum absolute atomic E-state index is 0.0133. The van der Waals surface area contributed by atoms with Gasteiger partial charge >= 0.3 is 0 Å². The Bertz CT molecular complexity index is 349. The lowest BCUT2D eigenvalue weighted by Crippen LogP contribution is -2.47. The summed E-state index contributed by atoms with van der Waals surface area (Å²) in [6.07, 6.45) is 5.49. The van der Waals surface area contributed by atoms with E-state index in [1.165, 1.54) is 0 Å². The van der Waals surface area contributed by atoms with Gasteiger partial charge in [-0.05, 0) is 50.4 Å². The van der Waals surface area contributed by atoms with Crippen LogP contribution in [0.3, 0.4) is 0 Å². The van der Waals surface area contributed by atoms with E-state index in [-0.39, 0.29) is 24.2 Å². The highest BCUT2D eigenvalue weighted by Gasteiger charge is 2.43. The maximum Gasteiger partial charge on any atom is 0.241 e. The first-order valence-electron chi connectivity index (χ1n) is 8.64. The van der Waals surface area contributed by atoms with E-state index < -0.39 is 0 Å². The molecular weight excluding hydrogens is 264 g/mol. The zero-order valence-corrected chi connectivity index (χ0v) is 14.0. The second kappa shape index (κ2) is 7.10. The molecule has 1 amide bonds. The molecule has 0 aromatic carbocycles. The quantitative estimate of drug-likeness (QED) is 0.819. The standard InChI is InChI=1S/C17H32N2O2/c1-11(2)9-15-17(21)19(16(18-15)10-12(3)4)13-5-7-14(20)8-6-13/h11-16,18,20H,5-10H2,1-4H3. The van der Waals surface area contributed by atoms with Gasteiger partial charge in [-0.3, -0.25) is 10.1 Å². The molecule has 1 saturated heterocycles. The van der Waals surface area contributed by atoms with E-state index in [9.17, 15) is 9.90 Å². The Morgan fingerprint density at radius 1 is 1.10 bits per heavy atom. The van der Waals surface area contributed by atoms with Crippen LogP contribution in [-0.4, -0.2) is 40.3 Å². The van der Waals surface area contributed by atoms with Crippen molar-refractivity contribution < 1.29 is 9.90 Å². The Morgan fingerprint density at radius 3 is 2.19 bits per heavy atom. The molecular formula is C17H32N2O2. The number of aliphatic hydroxyl groups is 1. The zero-order chi connectivity index (χ0) is 15.6. The van der Waals surface area contributed by atoms with Gasteiger partial charge in [0, 0.05) is 6.04 Å². The summed E-state index contributed by atoms with van der Waals surface area (Å²) in [5, 5.41) is 13.3. The fraction of sp³-hybridized carbons (Fsp3) is 0.941. The number of amides is 1. The van der Waals surface area contributed by atoms with Gasteiger partial charge in [-0.15, -0.1) is 0 Å². The second-order valence-corrected chi connectivity index (χ2v) is 7.70. The first kappa shape index (κ1) is 16.8. The molecule has 122 valence electrons. The number of hydrogen-bond donors (Lipinski definition) is 2. The number of nitrogens with zero attached hydrogens (tertiary/aromatic N) is 1. The van der Waals surface area contributed by atoms with Crippen molar-refractivity contribution in [2.75, 3.05) is 0 Å². The van der Waals surface area contributed by atoms with Crippen LogP contribution in [0.15, 0.2) is 0 Å². The molecule has 2 fully saturated rings. The molecule has 0 spiro atoms. The Kier molecular flexibility index (Phi) is 5.67. The van der Waals surface area contributed by atoms with Crippen molar-refractivity contribution in [3.63, 3.8) is 0 Å². The van der Waals surface area contributed by atoms with Gasteiger partial charge in [-0.25, -0.2) is 0 Å². The second-order valence-electron chi connectivity index (χ2n) is 7.70. The molecule has 0 radical (unpaired) electrons. The van der Waals surface area contributed by atoms with E-state index in [2.05, 4.69) is 37.9 Å². The summed E-state index contributed by atoms with van der Waals surface area (Å²) < 4.78 is 0. The van der Waals surface area contributed by atoms with Crippen LogP contribution in [0.25, 0.3) is 0 Å². The van der Waals surface area contributed by atoms with Crippen LogP contribution < -0.4 is 5.32 Å². The minimum Gasteiger partial charge on any atom is -0.393 e. The summed E-state index contributed by atoms with van der Waals surface area (Å²) in [6, 6.07) is 0.301. The maximum atomic E-state index is 12.8. The Hall–Kier alpha value is -0.610. The average Bonchev–Trinajstić information content (AvgIpc) is 2.66. The molecule has 2 atom stereocenters. The largest absolute Gasteiger partial charge is 0.393 e. The van der Waals surface area contributed by atoms with E-state index in [0.29, 0.717) is 17.9 Å². The summed E-state index contributed by atoms with van der Waals surface area (Å²) in [5.74, 6) is 1.39. The molecule has 2 aliphatic rings. The smallest absolute Gasteiger partial charge is 0.241 e. The van der Waals surface area contributed by atoms with Crippen molar-refractivity contribution in [2.45, 2.75) is 90.6 Å². The molecule has 1 saturated carbocycles. The van der Waals surface area contributed by atoms with Crippen LogP contribution in [-0.2, 0) is 4.79 Å².